The van der Waals surface area contributed by atoms with Gasteiger partial charge in [0.05, 0.1) is 25.4 Å². The SMILES string of the molecule is Cc1ccncc1C(C(=O)NC1CCC(F)(F)CC1)N(C(=O)C1COCCN1C#N)c1ccc(S(F)(F)(F)(F)F)cc1F. The van der Waals surface area contributed by atoms with Crippen LogP contribution in [0.5, 0.6) is 0 Å². The van der Waals surface area contributed by atoms with E-state index in [1.54, 1.807) is 6.19 Å². The number of carbonyl (C=O) groups is 2. The third-order valence-corrected chi connectivity index (χ3v) is 8.49. The van der Waals surface area contributed by atoms with Gasteiger partial charge in [0.1, 0.15) is 22.8 Å². The molecular weight excluding hydrogens is 614 g/mol. The number of aryl methyl sites for hydroxylation is 1. The predicted molar refractivity (Wildman–Crippen MR) is 139 cm³/mol. The van der Waals surface area contributed by atoms with Crippen LogP contribution < -0.4 is 10.2 Å². The smallest absolute Gasteiger partial charge is 0.310 e. The number of anilines is 1. The first-order valence-electron chi connectivity index (χ1n) is 13.0. The van der Waals surface area contributed by atoms with Crippen LogP contribution in [0.4, 0.5) is 38.3 Å². The molecule has 2 atom stereocenters. The van der Waals surface area contributed by atoms with E-state index in [0.29, 0.717) is 16.5 Å². The molecule has 17 heteroatoms. The van der Waals surface area contributed by atoms with Crippen LogP contribution in [0.15, 0.2) is 41.6 Å². The Bertz CT molecular complexity index is 1440. The van der Waals surface area contributed by atoms with Gasteiger partial charge in [-0.25, -0.2) is 13.2 Å². The molecule has 1 aromatic heterocycles. The molecule has 2 aromatic rings. The minimum Gasteiger partial charge on any atom is -0.377 e. The summed E-state index contributed by atoms with van der Waals surface area (Å²) in [5.74, 6) is -7.04. The van der Waals surface area contributed by atoms with Gasteiger partial charge in [-0.1, -0.05) is 19.4 Å². The molecule has 2 amide bonds. The van der Waals surface area contributed by atoms with Crippen molar-refractivity contribution in [2.24, 2.45) is 0 Å². The van der Waals surface area contributed by atoms with Crippen LogP contribution in [-0.2, 0) is 14.3 Å². The second kappa shape index (κ2) is 10.8. The summed E-state index contributed by atoms with van der Waals surface area (Å²) in [5.41, 5.74) is -0.673. The lowest BCUT2D eigenvalue weighted by Gasteiger charge is -2.41. The Balaban J connectivity index is 1.87. The molecule has 8 nitrogen and oxygen atoms in total. The third kappa shape index (κ3) is 7.29. The number of carbonyl (C=O) groups excluding carboxylic acids is 2. The average molecular weight is 642 g/mol. The van der Waals surface area contributed by atoms with Crippen molar-refractivity contribution in [1.82, 2.24) is 15.2 Å². The number of hydrogen-bond donors (Lipinski definition) is 1. The van der Waals surface area contributed by atoms with Gasteiger partial charge in [-0.3, -0.25) is 24.4 Å². The fraction of sp³-hybridized carbons (Fsp3) is 0.462. The highest BCUT2D eigenvalue weighted by Crippen LogP contribution is 3.02. The van der Waals surface area contributed by atoms with E-state index in [9.17, 15) is 43.1 Å². The standard InChI is InChI=1S/C26H27F8N5O3S/c1-16-6-9-36-13-19(16)23(24(40)37-17-4-7-26(28,29)8-5-17)39(25(41)22-14-42-11-10-38(22)15-35)21-3-2-18(12-20(21)27)43(30,31,32,33)34/h2-3,6,9,12-13,17,22-23H,4-5,7-8,10-11,14H2,1H3,(H,37,40). The summed E-state index contributed by atoms with van der Waals surface area (Å²) in [6, 6.07) is -2.98. The number of pyridine rings is 1. The highest BCUT2D eigenvalue weighted by molar-refractivity contribution is 8.45. The summed E-state index contributed by atoms with van der Waals surface area (Å²) < 4.78 is 116. The van der Waals surface area contributed by atoms with Crippen LogP contribution in [0.3, 0.4) is 0 Å². The zero-order chi connectivity index (χ0) is 31.9. The van der Waals surface area contributed by atoms with Crippen LogP contribution in [0, 0.1) is 24.2 Å². The van der Waals surface area contributed by atoms with Gasteiger partial charge in [0, 0.05) is 36.8 Å². The van der Waals surface area contributed by atoms with Gasteiger partial charge in [0.2, 0.25) is 11.8 Å². The summed E-state index contributed by atoms with van der Waals surface area (Å²) in [7, 11) is -10.4. The van der Waals surface area contributed by atoms with Crippen LogP contribution >= 0.6 is 10.2 Å². The van der Waals surface area contributed by atoms with Crippen molar-refractivity contribution < 1.29 is 46.9 Å². The Morgan fingerprint density at radius 2 is 1.86 bits per heavy atom. The highest BCUT2D eigenvalue weighted by atomic mass is 32.5. The highest BCUT2D eigenvalue weighted by Gasteiger charge is 2.65. The second-order valence-corrected chi connectivity index (χ2v) is 12.9. The average Bonchev–Trinajstić information content (AvgIpc) is 2.92. The molecule has 1 aliphatic heterocycles. The molecular formula is C26H27F8N5O3S. The minimum absolute atomic E-state index is 0.0223. The van der Waals surface area contributed by atoms with Gasteiger partial charge in [0.25, 0.3) is 5.91 Å². The predicted octanol–water partition coefficient (Wildman–Crippen LogP) is 6.14. The summed E-state index contributed by atoms with van der Waals surface area (Å²) in [6.07, 6.45) is 2.88. The number of hydrogen-bond acceptors (Lipinski definition) is 6. The van der Waals surface area contributed by atoms with Crippen molar-refractivity contribution in [3.63, 3.8) is 0 Å². The van der Waals surface area contributed by atoms with Crippen LogP contribution in [0.25, 0.3) is 0 Å². The van der Waals surface area contributed by atoms with Crippen molar-refractivity contribution >= 4 is 27.7 Å². The molecule has 2 heterocycles. The monoisotopic (exact) mass is 641 g/mol. The molecule has 0 spiro atoms. The lowest BCUT2D eigenvalue weighted by atomic mass is 9.91. The van der Waals surface area contributed by atoms with Crippen molar-refractivity contribution in [1.29, 1.82) is 5.26 Å². The van der Waals surface area contributed by atoms with E-state index in [1.807, 2.05) is 0 Å². The number of rotatable bonds is 7. The summed E-state index contributed by atoms with van der Waals surface area (Å²) >= 11 is 0. The largest absolute Gasteiger partial charge is 0.377 e. The van der Waals surface area contributed by atoms with Crippen molar-refractivity contribution in [2.75, 3.05) is 24.7 Å². The van der Waals surface area contributed by atoms with Crippen molar-refractivity contribution in [2.45, 2.75) is 61.6 Å². The van der Waals surface area contributed by atoms with Crippen LogP contribution in [0.2, 0.25) is 0 Å². The van der Waals surface area contributed by atoms with Crippen molar-refractivity contribution in [3.8, 4) is 6.19 Å². The maximum atomic E-state index is 15.5. The molecule has 0 radical (unpaired) electrons. The molecule has 1 aliphatic carbocycles. The normalized spacial score (nSPS) is 21.6. The molecule has 2 fully saturated rings. The number of nitriles is 1. The third-order valence-electron chi connectivity index (χ3n) is 7.35. The lowest BCUT2D eigenvalue weighted by Crippen LogP contribution is -2.56. The van der Waals surface area contributed by atoms with Gasteiger partial charge in [-0.15, -0.1) is 0 Å². The Morgan fingerprint density at radius 3 is 2.44 bits per heavy atom. The minimum atomic E-state index is -10.4. The number of aromatic nitrogens is 1. The van der Waals surface area contributed by atoms with Gasteiger partial charge in [-0.05, 0) is 49.6 Å². The first kappa shape index (κ1) is 32.3. The first-order valence-corrected chi connectivity index (χ1v) is 15.0. The van der Waals surface area contributed by atoms with Crippen molar-refractivity contribution in [3.05, 3.63) is 53.6 Å². The fourth-order valence-electron chi connectivity index (χ4n) is 5.02. The maximum absolute atomic E-state index is 15.5. The number of morpholine rings is 1. The number of halogens is 8. The molecule has 1 aromatic carbocycles. The molecule has 43 heavy (non-hydrogen) atoms. The Morgan fingerprint density at radius 1 is 1.19 bits per heavy atom. The summed E-state index contributed by atoms with van der Waals surface area (Å²) in [5, 5.41) is 12.2. The fourth-order valence-corrected chi connectivity index (χ4v) is 5.67. The van der Waals surface area contributed by atoms with E-state index >= 15 is 4.39 Å². The summed E-state index contributed by atoms with van der Waals surface area (Å²) in [6.45, 7) is 1.01. The topological polar surface area (TPSA) is 98.6 Å². The lowest BCUT2D eigenvalue weighted by molar-refractivity contribution is -0.132. The molecule has 1 saturated carbocycles. The number of alkyl halides is 2. The molecule has 1 saturated heterocycles. The Labute approximate surface area is 241 Å². The molecule has 1 N–H and O–H groups in total. The molecule has 2 unspecified atom stereocenters. The number of amides is 2. The van der Waals surface area contributed by atoms with Gasteiger partial charge in [0.15, 0.2) is 6.19 Å². The van der Waals surface area contributed by atoms with Gasteiger partial charge < -0.3 is 10.1 Å². The van der Waals surface area contributed by atoms with E-state index in [1.165, 1.54) is 19.2 Å². The number of benzene rings is 1. The van der Waals surface area contributed by atoms with E-state index < -0.39 is 88.0 Å². The van der Waals surface area contributed by atoms with E-state index in [2.05, 4.69) is 10.3 Å². The Hall–Kier alpha value is -3.65. The molecule has 236 valence electrons. The quantitative estimate of drug-likeness (QED) is 0.288. The Kier molecular flexibility index (Phi) is 8.11. The van der Waals surface area contributed by atoms with Crippen LogP contribution in [-0.4, -0.2) is 59.5 Å². The van der Waals surface area contributed by atoms with E-state index in [4.69, 9.17) is 4.74 Å². The zero-order valence-electron chi connectivity index (χ0n) is 22.6. The van der Waals surface area contributed by atoms with E-state index in [0.717, 1.165) is 11.1 Å². The van der Waals surface area contributed by atoms with E-state index in [-0.39, 0.29) is 37.6 Å². The van der Waals surface area contributed by atoms with Gasteiger partial charge >= 0.3 is 10.2 Å². The number of ether oxygens (including phenoxy) is 1. The molecule has 4 rings (SSSR count). The van der Waals surface area contributed by atoms with Crippen LogP contribution in [0.1, 0.15) is 42.9 Å². The van der Waals surface area contributed by atoms with Gasteiger partial charge in [-0.2, -0.15) is 5.26 Å². The number of nitrogens with zero attached hydrogens (tertiary/aromatic N) is 4. The second-order valence-electron chi connectivity index (χ2n) is 10.4. The first-order chi connectivity index (χ1) is 19.8. The molecule has 0 bridgehead atoms. The maximum Gasteiger partial charge on any atom is 0.310 e. The molecule has 2 aliphatic rings. The number of nitrogens with one attached hydrogen (secondary N) is 1. The summed E-state index contributed by atoms with van der Waals surface area (Å²) in [4.78, 5) is 30.8. The zero-order valence-corrected chi connectivity index (χ0v) is 23.4.